The number of alkyl carbamates (subject to hydrolysis) is 1. The molecule has 1 aliphatic heterocycles. The molecule has 0 bridgehead atoms. The molecule has 5 saturated carbocycles. The summed E-state index contributed by atoms with van der Waals surface area (Å²) in [7, 11) is 7.74. The van der Waals surface area contributed by atoms with Crippen molar-refractivity contribution in [2.24, 2.45) is 27.2 Å². The van der Waals surface area contributed by atoms with Gasteiger partial charge in [0.2, 0.25) is 0 Å². The average molecular weight is 1540 g/mol. The molecule has 0 unspecified atom stereocenters. The molecule has 1 heterocycles. The minimum Gasteiger partial charge on any atom is -1.00 e. The van der Waals surface area contributed by atoms with Gasteiger partial charge in [-0.15, -0.1) is 0 Å². The Kier molecular flexibility index (Phi) is 51.8. The molecule has 25 heteroatoms. The molecule has 0 aromatic heterocycles. The molecular formula is C84H146AlLiN10O13. The van der Waals surface area contributed by atoms with E-state index in [9.17, 15) is 28.8 Å². The molecule has 6 aliphatic rings. The number of nitrogens with zero attached hydrogens (tertiary/aromatic N) is 4. The van der Waals surface area contributed by atoms with E-state index in [-0.39, 0.29) is 74.1 Å². The average Bonchev–Trinajstić information content (AvgIpc) is 0.883. The first-order valence-electron chi connectivity index (χ1n) is 39.1. The van der Waals surface area contributed by atoms with Crippen LogP contribution in [0.25, 0.3) is 0 Å². The van der Waals surface area contributed by atoms with Crippen molar-refractivity contribution in [1.29, 1.82) is 0 Å². The quantitative estimate of drug-likeness (QED) is 0.0274. The maximum atomic E-state index is 12.1. The van der Waals surface area contributed by atoms with E-state index in [1.165, 1.54) is 69.8 Å². The third-order valence-corrected chi connectivity index (χ3v) is 17.8. The second kappa shape index (κ2) is 54.7. The molecule has 109 heavy (non-hydrogen) atoms. The van der Waals surface area contributed by atoms with Crippen molar-refractivity contribution in [2.75, 3.05) is 41.4 Å². The number of hydrogen-bond donors (Lipinski definition) is 6. The number of aldehydes is 1. The van der Waals surface area contributed by atoms with Crippen molar-refractivity contribution >= 4 is 66.7 Å². The fraction of sp³-hybridized carbons (Fsp3) is 0.690. The minimum absolute atomic E-state index is 0. The molecule has 0 radical (unpaired) electrons. The maximum absolute atomic E-state index is 12.1. The number of aliphatic imine (C=N–C) groups is 2. The summed E-state index contributed by atoms with van der Waals surface area (Å²) in [5.74, 6) is 0. The molecule has 5 aliphatic carbocycles. The van der Waals surface area contributed by atoms with E-state index in [0.29, 0.717) is 36.3 Å². The Bertz CT molecular complexity index is 2930. The van der Waals surface area contributed by atoms with Crippen molar-refractivity contribution < 1.29 is 82.2 Å². The Hall–Kier alpha value is -5.89. The van der Waals surface area contributed by atoms with E-state index in [1.54, 1.807) is 63.5 Å². The fourth-order valence-electron chi connectivity index (χ4n) is 11.8. The molecule has 9 rings (SSSR count). The summed E-state index contributed by atoms with van der Waals surface area (Å²) in [6.07, 6.45) is 26.2. The number of rotatable bonds is 10. The number of benzene rings is 3. The zero-order chi connectivity index (χ0) is 80.2. The topological polar surface area (TPSA) is 312 Å². The monoisotopic (exact) mass is 1540 g/mol. The Morgan fingerprint density at radius 2 is 0.716 bits per heavy atom. The third kappa shape index (κ3) is 53.7. The van der Waals surface area contributed by atoms with Crippen LogP contribution in [-0.2, 0) is 33.2 Å². The Morgan fingerprint density at radius 3 is 1.00 bits per heavy atom. The standard InChI is InChI=1S/C19H28N2O2.C14H20N2.C12H24N2O2.C11H22N2O2.C10H18O5.C7H16N2.C7H6O.C4H8O.Al.Li.4H/c1-19(2,3)23-18(22)21(4)17-12-10-16(11-13-17)20-14-15-8-6-5-7-9-15;1-15-13-7-9-14(10-8-13)16-11-12-5-3-2-4-6-12;1-12(2,3)16-11(15)14(4)10-7-5-9(13)6-8-10;1-11(2,3)15-10(14)13-9-6-4-8(12)5-7-9;1-9(2,3)14-7(11)13-8(12)15-10(4,5)6;1-9-7-4-2-6(8)3-5-7;8-6-7-4-2-1-3-5-7;1-2-4-5-3-1;;;;;;/h5-9,14,16-17H,10-13H2,1-4H3;2-6,11,13-15H,7-10H2,1H3;9-10H,5-8,13H2,1-4H3;8-9H,4-7,12H2,1-3H3,(H,13,14);1-6H3;6-7,9H,2-5,8H2,1H3;1-6H;1-4H2;;;;;;/q;;;;;;;;;+1;;;;-1. The van der Waals surface area contributed by atoms with Gasteiger partial charge >= 0.3 is 49.5 Å². The molecule has 6 fully saturated rings. The summed E-state index contributed by atoms with van der Waals surface area (Å²) in [5.41, 5.74) is 17.8. The van der Waals surface area contributed by atoms with Crippen LogP contribution < -0.4 is 52.0 Å². The van der Waals surface area contributed by atoms with Crippen LogP contribution in [0.1, 0.15) is 268 Å². The first kappa shape index (κ1) is 103. The van der Waals surface area contributed by atoms with E-state index in [4.69, 9.17) is 50.6 Å². The fourth-order valence-corrected chi connectivity index (χ4v) is 11.8. The normalized spacial score (nSPS) is 22.5. The Balaban J connectivity index is 0. The van der Waals surface area contributed by atoms with Crippen LogP contribution in [0.15, 0.2) is 101 Å². The van der Waals surface area contributed by atoms with E-state index in [1.807, 2.05) is 138 Å². The van der Waals surface area contributed by atoms with Gasteiger partial charge in [-0.3, -0.25) is 14.8 Å². The van der Waals surface area contributed by atoms with Crippen LogP contribution in [0.2, 0.25) is 0 Å². The second-order valence-electron chi connectivity index (χ2n) is 33.4. The van der Waals surface area contributed by atoms with Gasteiger partial charge in [-0.2, -0.15) is 0 Å². The van der Waals surface area contributed by atoms with Crippen LogP contribution in [0.5, 0.6) is 0 Å². The predicted octanol–water partition coefficient (Wildman–Crippen LogP) is 12.4. The predicted molar refractivity (Wildman–Crippen MR) is 443 cm³/mol. The Labute approximate surface area is 680 Å². The number of carbonyl (C=O) groups excluding carboxylic acids is 6. The largest absolute Gasteiger partial charge is 1.00 e. The molecule has 9 N–H and O–H groups in total. The summed E-state index contributed by atoms with van der Waals surface area (Å²) < 4.78 is 34.7. The summed E-state index contributed by atoms with van der Waals surface area (Å²) in [6, 6.07) is 33.8. The molecule has 614 valence electrons. The van der Waals surface area contributed by atoms with Gasteiger partial charge in [0.1, 0.15) is 34.3 Å². The van der Waals surface area contributed by atoms with E-state index in [2.05, 4.69) is 69.1 Å². The first-order chi connectivity index (χ1) is 50.1. The van der Waals surface area contributed by atoms with Gasteiger partial charge in [0.05, 0.1) is 12.1 Å². The molecule has 23 nitrogen and oxygen atoms in total. The van der Waals surface area contributed by atoms with Crippen LogP contribution in [0, 0.1) is 0 Å². The van der Waals surface area contributed by atoms with Crippen molar-refractivity contribution in [3.63, 3.8) is 0 Å². The number of amides is 3. The van der Waals surface area contributed by atoms with Gasteiger partial charge in [0.25, 0.3) is 0 Å². The van der Waals surface area contributed by atoms with Gasteiger partial charge in [0.15, 0.2) is 17.4 Å². The maximum Gasteiger partial charge on any atom is 1.00 e. The summed E-state index contributed by atoms with van der Waals surface area (Å²) >= 11 is 0. The van der Waals surface area contributed by atoms with Crippen molar-refractivity contribution in [3.8, 4) is 0 Å². The van der Waals surface area contributed by atoms with E-state index in [0.717, 1.165) is 114 Å². The summed E-state index contributed by atoms with van der Waals surface area (Å²) in [5, 5.41) is 9.49. The molecule has 3 aromatic rings. The second-order valence-corrected chi connectivity index (χ2v) is 33.4. The third-order valence-electron chi connectivity index (χ3n) is 17.8. The van der Waals surface area contributed by atoms with Crippen LogP contribution in [0.3, 0.4) is 0 Å². The minimum atomic E-state index is -1.06. The molecule has 3 aromatic carbocycles. The van der Waals surface area contributed by atoms with Crippen molar-refractivity contribution in [2.45, 2.75) is 334 Å². The molecule has 3 amide bonds. The van der Waals surface area contributed by atoms with Gasteiger partial charge in [-0.25, -0.2) is 24.0 Å². The molecule has 0 atom stereocenters. The van der Waals surface area contributed by atoms with Crippen LogP contribution in [0.4, 0.5) is 24.0 Å². The number of carbonyl (C=O) groups is 6. The zero-order valence-electron chi connectivity index (χ0n) is 71.0. The number of hydrogen-bond acceptors (Lipinski definition) is 20. The van der Waals surface area contributed by atoms with E-state index < -0.39 is 40.3 Å². The van der Waals surface area contributed by atoms with Crippen molar-refractivity contribution in [3.05, 3.63) is 108 Å². The van der Waals surface area contributed by atoms with Crippen LogP contribution in [-0.4, -0.2) is 206 Å². The number of nitrogens with two attached hydrogens (primary N) is 3. The van der Waals surface area contributed by atoms with Crippen molar-refractivity contribution in [1.82, 2.24) is 25.8 Å². The van der Waals surface area contributed by atoms with E-state index >= 15 is 0 Å². The smallest absolute Gasteiger partial charge is 1.00 e. The van der Waals surface area contributed by atoms with Gasteiger partial charge in [-0.1, -0.05) is 91.0 Å². The molecule has 1 saturated heterocycles. The zero-order valence-corrected chi connectivity index (χ0v) is 70.0. The SMILES string of the molecule is C1CCOC1.CC(C)(C)OC(=O)NC1CCC(N)CC1.CC(C)(C)OC(=O)OC(=O)OC(C)(C)C.CN(C(=O)OC(C)(C)C)C1CCC(N)CC1.CN(C(=O)OC(C)(C)C)C1CCC(N=Cc2ccccc2)CC1.CNC1CCC(N)CC1.CNC1CCC(N=Cc2ccccc2)CC1.O=Cc1ccccc1.[AlH3].[H-].[Li+]. The number of nitrogens with one attached hydrogen (secondary N) is 3. The van der Waals surface area contributed by atoms with Gasteiger partial charge in [0, 0.05) is 93.6 Å². The molecular weight excluding hydrogens is 1390 g/mol. The Morgan fingerprint density at radius 1 is 0.431 bits per heavy atom. The van der Waals surface area contributed by atoms with Gasteiger partial charge < -0.3 is 77.5 Å². The summed E-state index contributed by atoms with van der Waals surface area (Å²) in [4.78, 5) is 80.2. The van der Waals surface area contributed by atoms with Gasteiger partial charge in [-0.05, 0) is 270 Å². The first-order valence-corrected chi connectivity index (χ1v) is 39.1. The number of ether oxygens (including phenoxy) is 7. The summed E-state index contributed by atoms with van der Waals surface area (Å²) in [6.45, 7) is 29.0. The molecule has 0 spiro atoms. The van der Waals surface area contributed by atoms with Crippen LogP contribution >= 0.6 is 0 Å².